The second-order valence-electron chi connectivity index (χ2n) is 5.89. The molecule has 0 saturated heterocycles. The van der Waals surface area contributed by atoms with Crippen LogP contribution in [0.3, 0.4) is 0 Å². The number of nitrogens with one attached hydrogen (secondary N) is 1. The average molecular weight is 347 g/mol. The van der Waals surface area contributed by atoms with Crippen molar-refractivity contribution in [2.75, 3.05) is 4.90 Å². The van der Waals surface area contributed by atoms with Crippen molar-refractivity contribution in [2.45, 2.75) is 13.1 Å². The van der Waals surface area contributed by atoms with E-state index in [0.29, 0.717) is 5.56 Å². The van der Waals surface area contributed by atoms with Crippen molar-refractivity contribution < 1.29 is 4.79 Å². The molecule has 5 heteroatoms. The maximum atomic E-state index is 12.3. The lowest BCUT2D eigenvalue weighted by molar-refractivity contribution is 0.0955. The van der Waals surface area contributed by atoms with E-state index in [2.05, 4.69) is 27.6 Å². The molecule has 0 radical (unpaired) electrons. The summed E-state index contributed by atoms with van der Waals surface area (Å²) in [6, 6.07) is 20.1. The Morgan fingerprint density at radius 2 is 1.88 bits per heavy atom. The molecule has 1 amide bonds. The second kappa shape index (κ2) is 6.91. The third-order valence-corrected chi connectivity index (χ3v) is 5.02. The fourth-order valence-corrected chi connectivity index (χ4v) is 3.53. The summed E-state index contributed by atoms with van der Waals surface area (Å²) in [5, 5.41) is 6.00. The number of hydrogen-bond acceptors (Lipinski definition) is 4. The van der Waals surface area contributed by atoms with Gasteiger partial charge in [-0.1, -0.05) is 30.3 Å². The first-order chi connectivity index (χ1) is 12.3. The molecular formula is C20H17N3OS. The Morgan fingerprint density at radius 1 is 1.04 bits per heavy atom. The number of thiophene rings is 1. The molecule has 2 heterocycles. The summed E-state index contributed by atoms with van der Waals surface area (Å²) in [4.78, 5) is 15.6. The van der Waals surface area contributed by atoms with Gasteiger partial charge in [0.1, 0.15) is 0 Å². The van der Waals surface area contributed by atoms with E-state index in [9.17, 15) is 4.79 Å². The minimum atomic E-state index is -0.186. The molecule has 124 valence electrons. The molecule has 3 aromatic rings. The molecule has 0 atom stereocenters. The van der Waals surface area contributed by atoms with Gasteiger partial charge in [-0.05, 0) is 46.8 Å². The van der Waals surface area contributed by atoms with Gasteiger partial charge in [0.25, 0.3) is 5.91 Å². The summed E-state index contributed by atoms with van der Waals surface area (Å²) < 4.78 is 0. The maximum Gasteiger partial charge on any atom is 0.271 e. The highest BCUT2D eigenvalue weighted by Gasteiger charge is 2.20. The Morgan fingerprint density at radius 3 is 2.68 bits per heavy atom. The number of amides is 1. The summed E-state index contributed by atoms with van der Waals surface area (Å²) >= 11 is 1.58. The van der Waals surface area contributed by atoms with Crippen LogP contribution in [-0.2, 0) is 13.1 Å². The molecule has 4 nitrogen and oxygen atoms in total. The minimum absolute atomic E-state index is 0.186. The molecule has 0 bridgehead atoms. The lowest BCUT2D eigenvalue weighted by atomic mass is 10.1. The summed E-state index contributed by atoms with van der Waals surface area (Å²) in [6.45, 7) is 1.69. The molecule has 1 N–H and O–H groups in total. The van der Waals surface area contributed by atoms with Gasteiger partial charge in [0.05, 0.1) is 6.21 Å². The van der Waals surface area contributed by atoms with Crippen LogP contribution in [0.15, 0.2) is 71.1 Å². The Bertz CT molecular complexity index is 904. The average Bonchev–Trinajstić information content (AvgIpc) is 3.31. The molecule has 2 aromatic carbocycles. The Balaban J connectivity index is 1.45. The van der Waals surface area contributed by atoms with Crippen LogP contribution in [0.1, 0.15) is 26.4 Å². The standard InChI is InChI=1S/C20H17N3OS/c24-20(22-21-12-19-7-4-10-25-19)15-8-9-16-13-23(14-17(16)11-15)18-5-2-1-3-6-18/h1-12H,13-14H2,(H,22,24)/b21-12-. The van der Waals surface area contributed by atoms with E-state index in [-0.39, 0.29) is 5.91 Å². The monoisotopic (exact) mass is 347 g/mol. The maximum absolute atomic E-state index is 12.3. The van der Waals surface area contributed by atoms with Gasteiger partial charge in [-0.3, -0.25) is 4.79 Å². The molecule has 4 rings (SSSR count). The molecule has 0 unspecified atom stereocenters. The van der Waals surface area contributed by atoms with E-state index in [1.807, 2.05) is 53.9 Å². The first-order valence-corrected chi connectivity index (χ1v) is 8.96. The number of hydrazone groups is 1. The van der Waals surface area contributed by atoms with E-state index in [1.54, 1.807) is 17.6 Å². The number of hydrogen-bond donors (Lipinski definition) is 1. The normalized spacial score (nSPS) is 13.2. The second-order valence-corrected chi connectivity index (χ2v) is 6.87. The van der Waals surface area contributed by atoms with E-state index in [0.717, 1.165) is 18.0 Å². The molecule has 0 fully saturated rings. The molecule has 0 saturated carbocycles. The molecule has 1 aliphatic heterocycles. The third kappa shape index (κ3) is 3.46. The van der Waals surface area contributed by atoms with Gasteiger partial charge in [-0.2, -0.15) is 5.10 Å². The SMILES string of the molecule is O=C(N/N=C\c1cccs1)c1ccc2c(c1)CN(c1ccccc1)C2. The van der Waals surface area contributed by atoms with Crippen LogP contribution in [0, 0.1) is 0 Å². The van der Waals surface area contributed by atoms with Crippen molar-refractivity contribution in [1.29, 1.82) is 0 Å². The van der Waals surface area contributed by atoms with Crippen LogP contribution in [0.4, 0.5) is 5.69 Å². The first kappa shape index (κ1) is 15.6. The van der Waals surface area contributed by atoms with Crippen molar-refractivity contribution in [3.05, 3.63) is 87.6 Å². The summed E-state index contributed by atoms with van der Waals surface area (Å²) in [5.41, 5.74) is 6.89. The van der Waals surface area contributed by atoms with Crippen molar-refractivity contribution in [2.24, 2.45) is 5.10 Å². The number of benzene rings is 2. The van der Waals surface area contributed by atoms with Crippen LogP contribution >= 0.6 is 11.3 Å². The topological polar surface area (TPSA) is 44.7 Å². The fraction of sp³-hybridized carbons (Fsp3) is 0.100. The number of carbonyl (C=O) groups is 1. The highest BCUT2D eigenvalue weighted by molar-refractivity contribution is 7.11. The summed E-state index contributed by atoms with van der Waals surface area (Å²) in [6.07, 6.45) is 1.66. The van der Waals surface area contributed by atoms with Gasteiger partial charge in [-0.25, -0.2) is 5.43 Å². The number of rotatable bonds is 4. The molecule has 25 heavy (non-hydrogen) atoms. The van der Waals surface area contributed by atoms with Crippen LogP contribution in [0.2, 0.25) is 0 Å². The van der Waals surface area contributed by atoms with Crippen LogP contribution in [0.5, 0.6) is 0 Å². The first-order valence-electron chi connectivity index (χ1n) is 8.08. The molecule has 0 aliphatic carbocycles. The lowest BCUT2D eigenvalue weighted by Crippen LogP contribution is -2.17. The molecule has 1 aromatic heterocycles. The van der Waals surface area contributed by atoms with E-state index >= 15 is 0 Å². The Hall–Kier alpha value is -2.92. The zero-order valence-corrected chi connectivity index (χ0v) is 14.4. The van der Waals surface area contributed by atoms with Gasteiger partial charge in [-0.15, -0.1) is 11.3 Å². The molecule has 0 spiro atoms. The summed E-state index contributed by atoms with van der Waals surface area (Å²) in [7, 11) is 0. The van der Waals surface area contributed by atoms with E-state index < -0.39 is 0 Å². The van der Waals surface area contributed by atoms with Crippen LogP contribution < -0.4 is 10.3 Å². The number of para-hydroxylation sites is 1. The van der Waals surface area contributed by atoms with Crippen molar-refractivity contribution in [3.8, 4) is 0 Å². The van der Waals surface area contributed by atoms with Crippen LogP contribution in [0.25, 0.3) is 0 Å². The number of fused-ring (bicyclic) bond motifs is 1. The summed E-state index contributed by atoms with van der Waals surface area (Å²) in [5.74, 6) is -0.186. The highest BCUT2D eigenvalue weighted by atomic mass is 32.1. The van der Waals surface area contributed by atoms with Gasteiger partial charge in [0.15, 0.2) is 0 Å². The number of nitrogens with zero attached hydrogens (tertiary/aromatic N) is 2. The van der Waals surface area contributed by atoms with E-state index in [1.165, 1.54) is 16.8 Å². The quantitative estimate of drug-likeness (QED) is 0.572. The number of carbonyl (C=O) groups excluding carboxylic acids is 1. The Labute approximate surface area is 150 Å². The van der Waals surface area contributed by atoms with Gasteiger partial charge >= 0.3 is 0 Å². The zero-order valence-electron chi connectivity index (χ0n) is 13.6. The minimum Gasteiger partial charge on any atom is -0.363 e. The van der Waals surface area contributed by atoms with Crippen molar-refractivity contribution >= 4 is 29.1 Å². The van der Waals surface area contributed by atoms with Crippen molar-refractivity contribution in [1.82, 2.24) is 5.43 Å². The van der Waals surface area contributed by atoms with Gasteiger partial charge in [0, 0.05) is 29.2 Å². The molecular weight excluding hydrogens is 330 g/mol. The third-order valence-electron chi connectivity index (χ3n) is 4.21. The smallest absolute Gasteiger partial charge is 0.271 e. The van der Waals surface area contributed by atoms with Crippen LogP contribution in [-0.4, -0.2) is 12.1 Å². The fourth-order valence-electron chi connectivity index (χ4n) is 2.94. The van der Waals surface area contributed by atoms with E-state index in [4.69, 9.17) is 0 Å². The molecule has 1 aliphatic rings. The predicted molar refractivity (Wildman–Crippen MR) is 102 cm³/mol. The zero-order chi connectivity index (χ0) is 17.1. The van der Waals surface area contributed by atoms with Gasteiger partial charge in [0.2, 0.25) is 0 Å². The van der Waals surface area contributed by atoms with Gasteiger partial charge < -0.3 is 4.90 Å². The lowest BCUT2D eigenvalue weighted by Gasteiger charge is -2.17. The number of anilines is 1. The predicted octanol–water partition coefficient (Wildman–Crippen LogP) is 4.03. The highest BCUT2D eigenvalue weighted by Crippen LogP contribution is 2.28. The van der Waals surface area contributed by atoms with Crippen molar-refractivity contribution in [3.63, 3.8) is 0 Å². The largest absolute Gasteiger partial charge is 0.363 e. The Kier molecular flexibility index (Phi) is 4.31.